The molecule has 0 heterocycles. The zero-order valence-electron chi connectivity index (χ0n) is 12.3. The Hall–Kier alpha value is -0.820. The summed E-state index contributed by atoms with van der Waals surface area (Å²) in [5, 5.41) is 0. The predicted octanol–water partition coefficient (Wildman–Crippen LogP) is 4.76. The van der Waals surface area contributed by atoms with Gasteiger partial charge in [0.1, 0.15) is 0 Å². The van der Waals surface area contributed by atoms with Crippen LogP contribution in [-0.2, 0) is 4.74 Å². The van der Waals surface area contributed by atoms with E-state index in [1.165, 1.54) is 24.0 Å². The lowest BCUT2D eigenvalue weighted by Gasteiger charge is -2.43. The first-order valence-corrected chi connectivity index (χ1v) is 6.99. The van der Waals surface area contributed by atoms with Crippen LogP contribution in [0.15, 0.2) is 37.0 Å². The first-order chi connectivity index (χ1) is 8.44. The van der Waals surface area contributed by atoms with Crippen molar-refractivity contribution in [2.45, 2.75) is 40.0 Å². The molecule has 1 saturated carbocycles. The maximum atomic E-state index is 5.48. The molecule has 0 saturated heterocycles. The van der Waals surface area contributed by atoms with Crippen LogP contribution in [-0.4, -0.2) is 13.2 Å². The molecular weight excluding hydrogens is 220 g/mol. The average Bonchev–Trinajstić information content (AvgIpc) is 2.36. The minimum absolute atomic E-state index is 0.203. The van der Waals surface area contributed by atoms with Gasteiger partial charge in [-0.15, -0.1) is 6.58 Å². The van der Waals surface area contributed by atoms with Gasteiger partial charge >= 0.3 is 0 Å². The zero-order chi connectivity index (χ0) is 13.8. The van der Waals surface area contributed by atoms with Gasteiger partial charge in [-0.2, -0.15) is 0 Å². The molecule has 0 aromatic heterocycles. The second-order valence-electron chi connectivity index (χ2n) is 5.88. The van der Waals surface area contributed by atoms with Crippen LogP contribution < -0.4 is 0 Å². The molecule has 0 unspecified atom stereocenters. The summed E-state index contributed by atoms with van der Waals surface area (Å²) in [5.74, 6) is 1.10. The van der Waals surface area contributed by atoms with Crippen LogP contribution in [0.2, 0.25) is 0 Å². The number of hydrogen-bond donors (Lipinski definition) is 0. The lowest BCUT2D eigenvalue weighted by atomic mass is 9.61. The van der Waals surface area contributed by atoms with Gasteiger partial charge in [0.25, 0.3) is 0 Å². The minimum atomic E-state index is 0.203. The molecule has 0 aromatic rings. The summed E-state index contributed by atoms with van der Waals surface area (Å²) in [4.78, 5) is 0. The Morgan fingerprint density at radius 1 is 1.44 bits per heavy atom. The highest BCUT2D eigenvalue weighted by molar-refractivity contribution is 5.16. The molecule has 1 rings (SSSR count). The maximum Gasteiger partial charge on any atom is 0.0676 e. The molecular formula is C17H28O. The molecule has 0 spiro atoms. The van der Waals surface area contributed by atoms with Gasteiger partial charge in [0.05, 0.1) is 6.61 Å². The Morgan fingerprint density at radius 2 is 2.11 bits per heavy atom. The third-order valence-electron chi connectivity index (χ3n) is 4.48. The van der Waals surface area contributed by atoms with E-state index in [1.807, 2.05) is 6.92 Å². The fourth-order valence-electron chi connectivity index (χ4n) is 3.06. The summed E-state index contributed by atoms with van der Waals surface area (Å²) < 4.78 is 5.48. The van der Waals surface area contributed by atoms with Crippen LogP contribution in [0.1, 0.15) is 40.0 Å². The second kappa shape index (κ2) is 6.38. The van der Waals surface area contributed by atoms with Crippen molar-refractivity contribution in [1.82, 2.24) is 0 Å². The molecule has 1 aliphatic rings. The largest absolute Gasteiger partial charge is 0.377 e. The van der Waals surface area contributed by atoms with E-state index in [1.54, 1.807) is 0 Å². The van der Waals surface area contributed by atoms with Crippen molar-refractivity contribution in [3.05, 3.63) is 37.0 Å². The van der Waals surface area contributed by atoms with E-state index in [-0.39, 0.29) is 5.41 Å². The van der Waals surface area contributed by atoms with Gasteiger partial charge in [-0.25, -0.2) is 0 Å². The standard InChI is InChI=1S/C17H28O/c1-7-17(6)10-9-15(11-16(17)13(3)4)14(5)12-18-8-2/h7,15-16H,1,3,5,8-12H2,2,4,6H3/t15-,16+,17-/m1/s1. The van der Waals surface area contributed by atoms with Gasteiger partial charge in [-0.1, -0.05) is 31.7 Å². The molecule has 0 amide bonds. The topological polar surface area (TPSA) is 9.23 Å². The Bertz CT molecular complexity index is 329. The summed E-state index contributed by atoms with van der Waals surface area (Å²) in [6, 6.07) is 0. The third kappa shape index (κ3) is 3.35. The van der Waals surface area contributed by atoms with Gasteiger partial charge in [-0.3, -0.25) is 0 Å². The molecule has 0 aromatic carbocycles. The molecule has 3 atom stereocenters. The normalized spacial score (nSPS) is 31.9. The van der Waals surface area contributed by atoms with Gasteiger partial charge in [0, 0.05) is 6.61 Å². The third-order valence-corrected chi connectivity index (χ3v) is 4.48. The van der Waals surface area contributed by atoms with Crippen LogP contribution in [0, 0.1) is 17.3 Å². The summed E-state index contributed by atoms with van der Waals surface area (Å²) in [7, 11) is 0. The van der Waals surface area contributed by atoms with Crippen molar-refractivity contribution in [2.75, 3.05) is 13.2 Å². The minimum Gasteiger partial charge on any atom is -0.377 e. The molecule has 0 N–H and O–H groups in total. The van der Waals surface area contributed by atoms with Crippen molar-refractivity contribution in [3.63, 3.8) is 0 Å². The highest BCUT2D eigenvalue weighted by Gasteiger charge is 2.38. The van der Waals surface area contributed by atoms with Crippen LogP contribution >= 0.6 is 0 Å². The van der Waals surface area contributed by atoms with Gasteiger partial charge < -0.3 is 4.74 Å². The Morgan fingerprint density at radius 3 is 2.61 bits per heavy atom. The molecule has 0 aliphatic heterocycles. The zero-order valence-corrected chi connectivity index (χ0v) is 12.3. The van der Waals surface area contributed by atoms with E-state index in [2.05, 4.69) is 39.7 Å². The van der Waals surface area contributed by atoms with Crippen LogP contribution in [0.4, 0.5) is 0 Å². The summed E-state index contributed by atoms with van der Waals surface area (Å²) in [6.07, 6.45) is 5.62. The van der Waals surface area contributed by atoms with E-state index in [0.29, 0.717) is 18.4 Å². The first kappa shape index (κ1) is 15.2. The maximum absolute atomic E-state index is 5.48. The molecule has 0 radical (unpaired) electrons. The molecule has 1 aliphatic carbocycles. The summed E-state index contributed by atoms with van der Waals surface area (Å²) in [6.45, 7) is 20.3. The smallest absolute Gasteiger partial charge is 0.0676 e. The number of hydrogen-bond acceptors (Lipinski definition) is 1. The number of allylic oxidation sites excluding steroid dienone is 2. The Labute approximate surface area is 113 Å². The number of rotatable bonds is 6. The Balaban J connectivity index is 2.72. The fourth-order valence-corrected chi connectivity index (χ4v) is 3.06. The van der Waals surface area contributed by atoms with Crippen molar-refractivity contribution < 1.29 is 4.74 Å². The van der Waals surface area contributed by atoms with Crippen LogP contribution in [0.5, 0.6) is 0 Å². The SMILES string of the molecule is C=C[C@]1(C)CC[C@@H](C(=C)COCC)C[C@H]1C(=C)C. The van der Waals surface area contributed by atoms with Crippen molar-refractivity contribution in [3.8, 4) is 0 Å². The first-order valence-electron chi connectivity index (χ1n) is 6.99. The predicted molar refractivity (Wildman–Crippen MR) is 79.6 cm³/mol. The van der Waals surface area contributed by atoms with Crippen molar-refractivity contribution in [2.24, 2.45) is 17.3 Å². The van der Waals surface area contributed by atoms with E-state index in [9.17, 15) is 0 Å². The summed E-state index contributed by atoms with van der Waals surface area (Å²) in [5.41, 5.74) is 2.72. The lowest BCUT2D eigenvalue weighted by Crippen LogP contribution is -2.34. The highest BCUT2D eigenvalue weighted by atomic mass is 16.5. The quantitative estimate of drug-likeness (QED) is 0.616. The van der Waals surface area contributed by atoms with Crippen molar-refractivity contribution >= 4 is 0 Å². The molecule has 102 valence electrons. The van der Waals surface area contributed by atoms with E-state index >= 15 is 0 Å². The second-order valence-corrected chi connectivity index (χ2v) is 5.88. The van der Waals surface area contributed by atoms with Gasteiger partial charge in [0.15, 0.2) is 0 Å². The monoisotopic (exact) mass is 248 g/mol. The molecule has 18 heavy (non-hydrogen) atoms. The highest BCUT2D eigenvalue weighted by Crippen LogP contribution is 2.48. The Kier molecular flexibility index (Phi) is 5.40. The summed E-state index contributed by atoms with van der Waals surface area (Å²) >= 11 is 0. The van der Waals surface area contributed by atoms with E-state index in [4.69, 9.17) is 4.74 Å². The fraction of sp³-hybridized carbons (Fsp3) is 0.647. The van der Waals surface area contributed by atoms with Gasteiger partial charge in [0.2, 0.25) is 0 Å². The van der Waals surface area contributed by atoms with Crippen molar-refractivity contribution in [1.29, 1.82) is 0 Å². The molecule has 1 fully saturated rings. The molecule has 1 heteroatoms. The van der Waals surface area contributed by atoms with E-state index in [0.717, 1.165) is 13.0 Å². The van der Waals surface area contributed by atoms with Crippen LogP contribution in [0.25, 0.3) is 0 Å². The van der Waals surface area contributed by atoms with E-state index < -0.39 is 0 Å². The average molecular weight is 248 g/mol. The number of ether oxygens (including phenoxy) is 1. The lowest BCUT2D eigenvalue weighted by molar-refractivity contribution is 0.134. The van der Waals surface area contributed by atoms with Crippen LogP contribution in [0.3, 0.4) is 0 Å². The van der Waals surface area contributed by atoms with Gasteiger partial charge in [-0.05, 0) is 55.9 Å². The molecule has 1 nitrogen and oxygen atoms in total. The molecule has 0 bridgehead atoms.